The summed E-state index contributed by atoms with van der Waals surface area (Å²) in [5.74, 6) is 0.0347. The third kappa shape index (κ3) is 3.78. The lowest BCUT2D eigenvalue weighted by Crippen LogP contribution is -2.52. The number of amides is 1. The molecule has 1 heterocycles. The van der Waals surface area contributed by atoms with E-state index in [4.69, 9.17) is 4.74 Å². The fourth-order valence-electron chi connectivity index (χ4n) is 2.47. The number of benzene rings is 1. The van der Waals surface area contributed by atoms with Gasteiger partial charge in [-0.25, -0.2) is 0 Å². The summed E-state index contributed by atoms with van der Waals surface area (Å²) in [5, 5.41) is 2.95. The van der Waals surface area contributed by atoms with E-state index in [1.165, 1.54) is 0 Å². The minimum atomic E-state index is -0.144. The summed E-state index contributed by atoms with van der Waals surface area (Å²) in [6, 6.07) is 9.42. The maximum Gasteiger partial charge on any atom is 0.241 e. The molecule has 104 valence electrons. The van der Waals surface area contributed by atoms with Gasteiger partial charge in [0.05, 0.1) is 18.2 Å². The molecule has 1 aliphatic rings. The summed E-state index contributed by atoms with van der Waals surface area (Å²) in [6.45, 7) is 7.64. The first-order valence-electron chi connectivity index (χ1n) is 6.81. The summed E-state index contributed by atoms with van der Waals surface area (Å²) >= 11 is 0. The third-order valence-corrected chi connectivity index (χ3v) is 3.42. The highest BCUT2D eigenvalue weighted by atomic mass is 16.5. The van der Waals surface area contributed by atoms with Gasteiger partial charge in [-0.2, -0.15) is 0 Å². The van der Waals surface area contributed by atoms with Crippen molar-refractivity contribution < 1.29 is 9.53 Å². The number of anilines is 1. The van der Waals surface area contributed by atoms with Gasteiger partial charge in [0.1, 0.15) is 0 Å². The van der Waals surface area contributed by atoms with Crippen LogP contribution in [0.25, 0.3) is 0 Å². The molecule has 0 unspecified atom stereocenters. The van der Waals surface area contributed by atoms with E-state index >= 15 is 0 Å². The Bertz CT molecular complexity index is 411. The molecule has 1 fully saturated rings. The Morgan fingerprint density at radius 1 is 1.26 bits per heavy atom. The Labute approximate surface area is 114 Å². The number of nitrogens with zero attached hydrogens (tertiary/aromatic N) is 1. The van der Waals surface area contributed by atoms with Gasteiger partial charge in [-0.05, 0) is 32.9 Å². The van der Waals surface area contributed by atoms with Gasteiger partial charge >= 0.3 is 0 Å². The molecule has 3 atom stereocenters. The van der Waals surface area contributed by atoms with E-state index in [9.17, 15) is 4.79 Å². The maximum atomic E-state index is 12.2. The van der Waals surface area contributed by atoms with Gasteiger partial charge in [-0.1, -0.05) is 18.2 Å². The van der Waals surface area contributed by atoms with Gasteiger partial charge in [0.25, 0.3) is 0 Å². The number of nitrogens with one attached hydrogen (secondary N) is 1. The number of para-hydroxylation sites is 1. The first-order chi connectivity index (χ1) is 9.06. The molecule has 1 aromatic carbocycles. The second kappa shape index (κ2) is 6.17. The summed E-state index contributed by atoms with van der Waals surface area (Å²) in [4.78, 5) is 14.4. The summed E-state index contributed by atoms with van der Waals surface area (Å²) in [7, 11) is 0. The quantitative estimate of drug-likeness (QED) is 0.907. The van der Waals surface area contributed by atoms with Crippen LogP contribution in [0.2, 0.25) is 0 Å². The molecule has 0 spiro atoms. The standard InChI is InChI=1S/C15H22N2O2/c1-11-9-17(10-12(2)19-11)13(3)15(18)16-14-7-5-4-6-8-14/h4-8,11-13H,9-10H2,1-3H3,(H,16,18)/t11-,12-,13+/m1/s1. The lowest BCUT2D eigenvalue weighted by Gasteiger charge is -2.38. The van der Waals surface area contributed by atoms with E-state index in [0.717, 1.165) is 18.8 Å². The van der Waals surface area contributed by atoms with Gasteiger partial charge in [-0.3, -0.25) is 9.69 Å². The lowest BCUT2D eigenvalue weighted by molar-refractivity contribution is -0.126. The Morgan fingerprint density at radius 2 is 1.84 bits per heavy atom. The predicted molar refractivity (Wildman–Crippen MR) is 76.1 cm³/mol. The average molecular weight is 262 g/mol. The minimum Gasteiger partial charge on any atom is -0.373 e. The summed E-state index contributed by atoms with van der Waals surface area (Å²) in [5.41, 5.74) is 0.841. The fraction of sp³-hybridized carbons (Fsp3) is 0.533. The van der Waals surface area contributed by atoms with Crippen LogP contribution >= 0.6 is 0 Å². The molecule has 2 rings (SSSR count). The molecule has 4 heteroatoms. The van der Waals surface area contributed by atoms with E-state index in [-0.39, 0.29) is 24.2 Å². The highest BCUT2D eigenvalue weighted by Gasteiger charge is 2.29. The Balaban J connectivity index is 1.95. The smallest absolute Gasteiger partial charge is 0.241 e. The maximum absolute atomic E-state index is 12.2. The Morgan fingerprint density at radius 3 is 2.42 bits per heavy atom. The number of morpholine rings is 1. The molecular formula is C15H22N2O2. The lowest BCUT2D eigenvalue weighted by atomic mass is 10.1. The van der Waals surface area contributed by atoms with Crippen LogP contribution in [0, 0.1) is 0 Å². The van der Waals surface area contributed by atoms with Crippen LogP contribution in [0.15, 0.2) is 30.3 Å². The molecule has 19 heavy (non-hydrogen) atoms. The van der Waals surface area contributed by atoms with Gasteiger partial charge in [0, 0.05) is 18.8 Å². The summed E-state index contributed by atoms with van der Waals surface area (Å²) in [6.07, 6.45) is 0.353. The van der Waals surface area contributed by atoms with Crippen LogP contribution in [0.1, 0.15) is 20.8 Å². The van der Waals surface area contributed by atoms with E-state index in [1.807, 2.05) is 51.1 Å². The normalized spacial score (nSPS) is 25.8. The van der Waals surface area contributed by atoms with Gasteiger partial charge in [0.15, 0.2) is 0 Å². The molecule has 0 aromatic heterocycles. The van der Waals surface area contributed by atoms with Crippen molar-refractivity contribution in [2.75, 3.05) is 18.4 Å². The van der Waals surface area contributed by atoms with Crippen LogP contribution in [0.4, 0.5) is 5.69 Å². The number of rotatable bonds is 3. The Hall–Kier alpha value is -1.39. The van der Waals surface area contributed by atoms with Crippen LogP contribution < -0.4 is 5.32 Å². The highest BCUT2D eigenvalue weighted by Crippen LogP contribution is 2.15. The number of ether oxygens (including phenoxy) is 1. The molecular weight excluding hydrogens is 240 g/mol. The monoisotopic (exact) mass is 262 g/mol. The molecule has 0 aliphatic carbocycles. The van der Waals surface area contributed by atoms with Crippen molar-refractivity contribution >= 4 is 11.6 Å². The van der Waals surface area contributed by atoms with Gasteiger partial charge in [-0.15, -0.1) is 0 Å². The minimum absolute atomic E-state index is 0.0347. The van der Waals surface area contributed by atoms with Gasteiger partial charge < -0.3 is 10.1 Å². The first-order valence-corrected chi connectivity index (χ1v) is 6.81. The SMILES string of the molecule is C[C@@H]1CN([C@@H](C)C(=O)Nc2ccccc2)C[C@@H](C)O1. The van der Waals surface area contributed by atoms with Crippen LogP contribution in [-0.4, -0.2) is 42.1 Å². The van der Waals surface area contributed by atoms with Crippen LogP contribution in [-0.2, 0) is 9.53 Å². The van der Waals surface area contributed by atoms with Crippen molar-refractivity contribution in [1.82, 2.24) is 4.90 Å². The van der Waals surface area contributed by atoms with Crippen molar-refractivity contribution in [2.24, 2.45) is 0 Å². The van der Waals surface area contributed by atoms with E-state index in [0.29, 0.717) is 0 Å². The number of carbonyl (C=O) groups is 1. The number of carbonyl (C=O) groups excluding carboxylic acids is 1. The highest BCUT2D eigenvalue weighted by molar-refractivity contribution is 5.94. The van der Waals surface area contributed by atoms with Crippen molar-refractivity contribution in [3.63, 3.8) is 0 Å². The molecule has 0 radical (unpaired) electrons. The molecule has 0 saturated carbocycles. The molecule has 1 saturated heterocycles. The molecule has 1 amide bonds. The average Bonchev–Trinajstić information content (AvgIpc) is 2.37. The van der Waals surface area contributed by atoms with Crippen LogP contribution in [0.5, 0.6) is 0 Å². The molecule has 1 aliphatic heterocycles. The second-order valence-electron chi connectivity index (χ2n) is 5.24. The third-order valence-electron chi connectivity index (χ3n) is 3.42. The molecule has 1 N–H and O–H groups in total. The number of hydrogen-bond acceptors (Lipinski definition) is 3. The fourth-order valence-corrected chi connectivity index (χ4v) is 2.47. The van der Waals surface area contributed by atoms with Gasteiger partial charge in [0.2, 0.25) is 5.91 Å². The topological polar surface area (TPSA) is 41.6 Å². The molecule has 1 aromatic rings. The van der Waals surface area contributed by atoms with Crippen molar-refractivity contribution in [1.29, 1.82) is 0 Å². The van der Waals surface area contributed by atoms with Crippen molar-refractivity contribution in [2.45, 2.75) is 39.0 Å². The van der Waals surface area contributed by atoms with E-state index in [1.54, 1.807) is 0 Å². The second-order valence-corrected chi connectivity index (χ2v) is 5.24. The van der Waals surface area contributed by atoms with E-state index in [2.05, 4.69) is 10.2 Å². The van der Waals surface area contributed by atoms with Crippen molar-refractivity contribution in [3.8, 4) is 0 Å². The zero-order chi connectivity index (χ0) is 13.8. The summed E-state index contributed by atoms with van der Waals surface area (Å²) < 4.78 is 5.69. The zero-order valence-electron chi connectivity index (χ0n) is 11.8. The zero-order valence-corrected chi connectivity index (χ0v) is 11.8. The predicted octanol–water partition coefficient (Wildman–Crippen LogP) is 2.12. The number of hydrogen-bond donors (Lipinski definition) is 1. The first kappa shape index (κ1) is 14.0. The van der Waals surface area contributed by atoms with Crippen LogP contribution in [0.3, 0.4) is 0 Å². The molecule has 4 nitrogen and oxygen atoms in total. The van der Waals surface area contributed by atoms with Crippen molar-refractivity contribution in [3.05, 3.63) is 30.3 Å². The largest absolute Gasteiger partial charge is 0.373 e. The molecule has 0 bridgehead atoms. The van der Waals surface area contributed by atoms with E-state index < -0.39 is 0 Å². The Kier molecular flexibility index (Phi) is 4.56.